The second-order valence-electron chi connectivity index (χ2n) is 3.97. The molecule has 0 aromatic heterocycles. The Morgan fingerprint density at radius 2 is 1.67 bits per heavy atom. The van der Waals surface area contributed by atoms with Crippen LogP contribution in [0.15, 0.2) is 54.6 Å². The Kier molecular flexibility index (Phi) is 4.73. The van der Waals surface area contributed by atoms with Crippen LogP contribution in [0.3, 0.4) is 0 Å². The maximum absolute atomic E-state index is 6.09. The summed E-state index contributed by atoms with van der Waals surface area (Å²) in [5, 5.41) is 3.92. The van der Waals surface area contributed by atoms with E-state index in [2.05, 4.69) is 17.4 Å². The summed E-state index contributed by atoms with van der Waals surface area (Å²) in [6, 6.07) is 17.9. The molecule has 0 saturated carbocycles. The minimum atomic E-state index is 0.690. The Morgan fingerprint density at radius 3 is 2.39 bits per heavy atom. The van der Waals surface area contributed by atoms with Gasteiger partial charge in [-0.1, -0.05) is 72.3 Å². The lowest BCUT2D eigenvalue weighted by Crippen LogP contribution is -2.24. The molecule has 18 heavy (non-hydrogen) atoms. The molecular formula is C15H14ClNS. The van der Waals surface area contributed by atoms with Gasteiger partial charge < -0.3 is 5.32 Å². The van der Waals surface area contributed by atoms with E-state index < -0.39 is 0 Å². The van der Waals surface area contributed by atoms with Gasteiger partial charge in [-0.05, 0) is 18.1 Å². The molecule has 1 nitrogen and oxygen atoms in total. The number of rotatable bonds is 4. The van der Waals surface area contributed by atoms with Crippen LogP contribution in [0.4, 0.5) is 0 Å². The quantitative estimate of drug-likeness (QED) is 0.851. The Hall–Kier alpha value is -1.38. The molecule has 0 amide bonds. The van der Waals surface area contributed by atoms with Crippen molar-refractivity contribution in [3.05, 3.63) is 70.7 Å². The molecule has 0 aliphatic carbocycles. The van der Waals surface area contributed by atoms with Crippen LogP contribution in [-0.4, -0.2) is 11.5 Å². The maximum atomic E-state index is 6.09. The van der Waals surface area contributed by atoms with Crippen LogP contribution in [0.1, 0.15) is 11.1 Å². The van der Waals surface area contributed by atoms with Gasteiger partial charge in [0.25, 0.3) is 0 Å². The summed E-state index contributed by atoms with van der Waals surface area (Å²) in [7, 11) is 0. The molecule has 2 aromatic carbocycles. The van der Waals surface area contributed by atoms with Gasteiger partial charge in [0.1, 0.15) is 4.99 Å². The highest BCUT2D eigenvalue weighted by atomic mass is 35.5. The number of thiocarbonyl (C=S) groups is 1. The van der Waals surface area contributed by atoms with Crippen molar-refractivity contribution in [3.8, 4) is 0 Å². The molecule has 0 aliphatic heterocycles. The molecule has 2 aromatic rings. The number of nitrogens with one attached hydrogen (secondary N) is 1. The lowest BCUT2D eigenvalue weighted by molar-refractivity contribution is 0.875. The van der Waals surface area contributed by atoms with Crippen molar-refractivity contribution in [3.63, 3.8) is 0 Å². The summed E-state index contributed by atoms with van der Waals surface area (Å²) in [4.78, 5) is 0.705. The molecule has 0 atom stereocenters. The van der Waals surface area contributed by atoms with Gasteiger partial charge in [0.15, 0.2) is 0 Å². The number of halogens is 1. The van der Waals surface area contributed by atoms with Crippen molar-refractivity contribution in [2.75, 3.05) is 6.54 Å². The van der Waals surface area contributed by atoms with Crippen LogP contribution >= 0.6 is 23.8 Å². The van der Waals surface area contributed by atoms with Crippen LogP contribution in [0.25, 0.3) is 0 Å². The first-order valence-electron chi connectivity index (χ1n) is 5.84. The minimum absolute atomic E-state index is 0.690. The number of hydrogen-bond acceptors (Lipinski definition) is 1. The van der Waals surface area contributed by atoms with Crippen molar-refractivity contribution >= 4 is 28.8 Å². The van der Waals surface area contributed by atoms with Gasteiger partial charge in [0.05, 0.1) is 5.02 Å². The molecule has 0 unspecified atom stereocenters. The lowest BCUT2D eigenvalue weighted by atomic mass is 10.1. The van der Waals surface area contributed by atoms with E-state index in [0.717, 1.165) is 18.5 Å². The lowest BCUT2D eigenvalue weighted by Gasteiger charge is -2.09. The fourth-order valence-corrected chi connectivity index (χ4v) is 2.27. The minimum Gasteiger partial charge on any atom is -0.375 e. The van der Waals surface area contributed by atoms with Gasteiger partial charge >= 0.3 is 0 Å². The second-order valence-corrected chi connectivity index (χ2v) is 4.79. The van der Waals surface area contributed by atoms with Gasteiger partial charge in [-0.15, -0.1) is 0 Å². The fraction of sp³-hybridized carbons (Fsp3) is 0.133. The van der Waals surface area contributed by atoms with Gasteiger partial charge in [0.2, 0.25) is 0 Å². The van der Waals surface area contributed by atoms with Crippen LogP contribution < -0.4 is 5.32 Å². The maximum Gasteiger partial charge on any atom is 0.108 e. The normalized spacial score (nSPS) is 10.1. The SMILES string of the molecule is S=C(NCCc1ccccc1)c1ccccc1Cl. The smallest absolute Gasteiger partial charge is 0.108 e. The molecule has 1 N–H and O–H groups in total. The summed E-state index contributed by atoms with van der Waals surface area (Å²) >= 11 is 11.4. The van der Waals surface area contributed by atoms with Gasteiger partial charge in [0, 0.05) is 12.1 Å². The van der Waals surface area contributed by atoms with E-state index in [1.165, 1.54) is 5.56 Å². The standard InChI is InChI=1S/C15H14ClNS/c16-14-9-5-4-8-13(14)15(18)17-11-10-12-6-2-1-3-7-12/h1-9H,10-11H2,(H,17,18). The molecule has 0 saturated heterocycles. The van der Waals surface area contributed by atoms with Crippen LogP contribution in [-0.2, 0) is 6.42 Å². The summed E-state index contributed by atoms with van der Waals surface area (Å²) in [5.41, 5.74) is 2.19. The largest absolute Gasteiger partial charge is 0.375 e. The Labute approximate surface area is 118 Å². The van der Waals surface area contributed by atoms with E-state index in [1.807, 2.05) is 42.5 Å². The number of benzene rings is 2. The predicted molar refractivity (Wildman–Crippen MR) is 81.3 cm³/mol. The molecule has 0 spiro atoms. The average Bonchev–Trinajstić information content (AvgIpc) is 2.40. The van der Waals surface area contributed by atoms with Crippen molar-refractivity contribution in [2.24, 2.45) is 0 Å². The van der Waals surface area contributed by atoms with Gasteiger partial charge in [-0.3, -0.25) is 0 Å². The van der Waals surface area contributed by atoms with E-state index in [-0.39, 0.29) is 0 Å². The van der Waals surface area contributed by atoms with Crippen molar-refractivity contribution in [2.45, 2.75) is 6.42 Å². The zero-order chi connectivity index (χ0) is 12.8. The third-order valence-electron chi connectivity index (χ3n) is 2.66. The Bertz CT molecular complexity index is 525. The predicted octanol–water partition coefficient (Wildman–Crippen LogP) is 3.85. The van der Waals surface area contributed by atoms with E-state index in [1.54, 1.807) is 0 Å². The molecule has 92 valence electrons. The first-order chi connectivity index (χ1) is 8.77. The average molecular weight is 276 g/mol. The summed E-state index contributed by atoms with van der Waals surface area (Å²) in [6.45, 7) is 0.814. The Balaban J connectivity index is 1.88. The van der Waals surface area contributed by atoms with E-state index in [9.17, 15) is 0 Å². The highest BCUT2D eigenvalue weighted by molar-refractivity contribution is 7.80. The first-order valence-corrected chi connectivity index (χ1v) is 6.62. The van der Waals surface area contributed by atoms with Crippen LogP contribution in [0.2, 0.25) is 5.02 Å². The van der Waals surface area contributed by atoms with E-state index in [4.69, 9.17) is 23.8 Å². The molecule has 0 radical (unpaired) electrons. The molecular weight excluding hydrogens is 262 g/mol. The third-order valence-corrected chi connectivity index (χ3v) is 3.35. The fourth-order valence-electron chi connectivity index (χ4n) is 1.71. The molecule has 0 bridgehead atoms. The number of hydrogen-bond donors (Lipinski definition) is 1. The van der Waals surface area contributed by atoms with E-state index >= 15 is 0 Å². The summed E-state index contributed by atoms with van der Waals surface area (Å²) in [5.74, 6) is 0. The molecule has 0 fully saturated rings. The van der Waals surface area contributed by atoms with Crippen molar-refractivity contribution in [1.82, 2.24) is 5.32 Å². The molecule has 2 rings (SSSR count). The summed E-state index contributed by atoms with van der Waals surface area (Å²) < 4.78 is 0. The van der Waals surface area contributed by atoms with E-state index in [0.29, 0.717) is 10.0 Å². The zero-order valence-electron chi connectivity index (χ0n) is 9.90. The molecule has 0 heterocycles. The Morgan fingerprint density at radius 1 is 1.00 bits per heavy atom. The van der Waals surface area contributed by atoms with Crippen molar-refractivity contribution < 1.29 is 0 Å². The van der Waals surface area contributed by atoms with Crippen LogP contribution in [0, 0.1) is 0 Å². The van der Waals surface area contributed by atoms with Gasteiger partial charge in [-0.2, -0.15) is 0 Å². The summed E-state index contributed by atoms with van der Waals surface area (Å²) in [6.07, 6.45) is 0.950. The topological polar surface area (TPSA) is 12.0 Å². The monoisotopic (exact) mass is 275 g/mol. The van der Waals surface area contributed by atoms with Crippen molar-refractivity contribution in [1.29, 1.82) is 0 Å². The van der Waals surface area contributed by atoms with Crippen LogP contribution in [0.5, 0.6) is 0 Å². The molecule has 0 aliphatic rings. The molecule has 3 heteroatoms. The highest BCUT2D eigenvalue weighted by Gasteiger charge is 2.04. The zero-order valence-corrected chi connectivity index (χ0v) is 11.5. The van der Waals surface area contributed by atoms with Gasteiger partial charge in [-0.25, -0.2) is 0 Å². The first kappa shape index (κ1) is 13.1. The highest BCUT2D eigenvalue weighted by Crippen LogP contribution is 2.15. The second kappa shape index (κ2) is 6.53. The third kappa shape index (κ3) is 3.56.